The van der Waals surface area contributed by atoms with Gasteiger partial charge < -0.3 is 10.4 Å². The standard InChI is InChI=1S/C17H23NO2/c19-17(20)16-6-2-5-15(16)11-18-10-12-7-8-13-3-1-4-14(13)9-12/h7-9,15-16,18H,1-6,10-11H2,(H,19,20). The molecule has 3 rings (SSSR count). The van der Waals surface area contributed by atoms with Crippen LogP contribution in [-0.4, -0.2) is 17.6 Å². The van der Waals surface area contributed by atoms with Crippen LogP contribution in [0.2, 0.25) is 0 Å². The van der Waals surface area contributed by atoms with Crippen molar-refractivity contribution in [1.29, 1.82) is 0 Å². The second-order valence-electron chi connectivity index (χ2n) is 6.22. The van der Waals surface area contributed by atoms with Crippen LogP contribution < -0.4 is 5.32 Å². The number of benzene rings is 1. The van der Waals surface area contributed by atoms with E-state index >= 15 is 0 Å². The third-order valence-corrected chi connectivity index (χ3v) is 4.87. The van der Waals surface area contributed by atoms with Crippen molar-refractivity contribution >= 4 is 5.97 Å². The summed E-state index contributed by atoms with van der Waals surface area (Å²) < 4.78 is 0. The first-order valence-electron chi connectivity index (χ1n) is 7.78. The highest BCUT2D eigenvalue weighted by Crippen LogP contribution is 2.31. The summed E-state index contributed by atoms with van der Waals surface area (Å²) in [6.07, 6.45) is 6.68. The molecule has 0 saturated heterocycles. The Bertz CT molecular complexity index is 498. The fraction of sp³-hybridized carbons (Fsp3) is 0.588. The molecule has 1 fully saturated rings. The summed E-state index contributed by atoms with van der Waals surface area (Å²) in [6.45, 7) is 1.68. The number of fused-ring (bicyclic) bond motifs is 1. The lowest BCUT2D eigenvalue weighted by Gasteiger charge is -2.16. The van der Waals surface area contributed by atoms with E-state index in [0.717, 1.165) is 32.4 Å². The summed E-state index contributed by atoms with van der Waals surface area (Å²) >= 11 is 0. The third kappa shape index (κ3) is 2.88. The molecule has 0 amide bonds. The number of aryl methyl sites for hydroxylation is 2. The van der Waals surface area contributed by atoms with Crippen LogP contribution in [0.25, 0.3) is 0 Å². The first kappa shape index (κ1) is 13.6. The highest BCUT2D eigenvalue weighted by molar-refractivity contribution is 5.70. The molecule has 2 N–H and O–H groups in total. The van der Waals surface area contributed by atoms with Gasteiger partial charge in [-0.1, -0.05) is 24.6 Å². The predicted octanol–water partition coefficient (Wildman–Crippen LogP) is 2.77. The van der Waals surface area contributed by atoms with Crippen molar-refractivity contribution < 1.29 is 9.90 Å². The van der Waals surface area contributed by atoms with Crippen molar-refractivity contribution in [2.75, 3.05) is 6.54 Å². The number of nitrogens with one attached hydrogen (secondary N) is 1. The smallest absolute Gasteiger partial charge is 0.306 e. The summed E-state index contributed by atoms with van der Waals surface area (Å²) in [4.78, 5) is 11.1. The zero-order valence-electron chi connectivity index (χ0n) is 11.9. The zero-order valence-corrected chi connectivity index (χ0v) is 11.9. The largest absolute Gasteiger partial charge is 0.481 e. The molecule has 2 aliphatic rings. The molecular weight excluding hydrogens is 250 g/mol. The fourth-order valence-electron chi connectivity index (χ4n) is 3.74. The average molecular weight is 273 g/mol. The molecule has 20 heavy (non-hydrogen) atoms. The van der Waals surface area contributed by atoms with Gasteiger partial charge >= 0.3 is 5.97 Å². The van der Waals surface area contributed by atoms with Crippen molar-refractivity contribution in [1.82, 2.24) is 5.32 Å². The molecule has 1 aromatic carbocycles. The Labute approximate surface area is 120 Å². The highest BCUT2D eigenvalue weighted by Gasteiger charge is 2.32. The fourth-order valence-corrected chi connectivity index (χ4v) is 3.74. The summed E-state index contributed by atoms with van der Waals surface area (Å²) in [5, 5.41) is 12.6. The maximum atomic E-state index is 11.1. The second kappa shape index (κ2) is 5.96. The number of carboxylic acid groups (broad SMARTS) is 1. The molecule has 0 aromatic heterocycles. The van der Waals surface area contributed by atoms with Gasteiger partial charge in [-0.3, -0.25) is 4.79 Å². The van der Waals surface area contributed by atoms with Gasteiger partial charge in [-0.2, -0.15) is 0 Å². The van der Waals surface area contributed by atoms with Crippen LogP contribution in [0.15, 0.2) is 18.2 Å². The minimum Gasteiger partial charge on any atom is -0.481 e. The summed E-state index contributed by atoms with van der Waals surface area (Å²) in [5.74, 6) is -0.448. The molecule has 0 spiro atoms. The number of hydrogen-bond acceptors (Lipinski definition) is 2. The Morgan fingerprint density at radius 3 is 2.90 bits per heavy atom. The van der Waals surface area contributed by atoms with Gasteiger partial charge in [0.05, 0.1) is 5.92 Å². The van der Waals surface area contributed by atoms with E-state index in [4.69, 9.17) is 0 Å². The Kier molecular flexibility index (Phi) is 4.06. The van der Waals surface area contributed by atoms with E-state index in [1.807, 2.05) is 0 Å². The number of aliphatic carboxylic acids is 1. The van der Waals surface area contributed by atoms with E-state index in [0.29, 0.717) is 5.92 Å². The van der Waals surface area contributed by atoms with Crippen LogP contribution in [0, 0.1) is 11.8 Å². The topological polar surface area (TPSA) is 49.3 Å². The quantitative estimate of drug-likeness (QED) is 0.867. The Morgan fingerprint density at radius 2 is 2.05 bits per heavy atom. The highest BCUT2D eigenvalue weighted by atomic mass is 16.4. The van der Waals surface area contributed by atoms with Gasteiger partial charge in [-0.15, -0.1) is 0 Å². The number of carbonyl (C=O) groups is 1. The van der Waals surface area contributed by atoms with Gasteiger partial charge in [0.1, 0.15) is 0 Å². The molecule has 0 bridgehead atoms. The molecule has 1 aromatic rings. The first-order chi connectivity index (χ1) is 9.74. The first-order valence-corrected chi connectivity index (χ1v) is 7.78. The zero-order chi connectivity index (χ0) is 13.9. The molecule has 0 radical (unpaired) electrons. The lowest BCUT2D eigenvalue weighted by Crippen LogP contribution is -2.28. The number of rotatable bonds is 5. The van der Waals surface area contributed by atoms with Crippen LogP contribution in [-0.2, 0) is 24.2 Å². The second-order valence-corrected chi connectivity index (χ2v) is 6.22. The van der Waals surface area contributed by atoms with Gasteiger partial charge in [0, 0.05) is 6.54 Å². The van der Waals surface area contributed by atoms with Crippen LogP contribution in [0.5, 0.6) is 0 Å². The maximum absolute atomic E-state index is 11.1. The molecular formula is C17H23NO2. The minimum absolute atomic E-state index is 0.137. The van der Waals surface area contributed by atoms with Crippen LogP contribution >= 0.6 is 0 Å². The molecule has 3 heteroatoms. The van der Waals surface area contributed by atoms with Gasteiger partial charge in [0.25, 0.3) is 0 Å². The van der Waals surface area contributed by atoms with Gasteiger partial charge in [0.15, 0.2) is 0 Å². The number of carboxylic acids is 1. The minimum atomic E-state index is -0.619. The SMILES string of the molecule is O=C(O)C1CCCC1CNCc1ccc2c(c1)CCC2. The normalized spacial score (nSPS) is 24.8. The van der Waals surface area contributed by atoms with Gasteiger partial charge in [-0.25, -0.2) is 0 Å². The lowest BCUT2D eigenvalue weighted by molar-refractivity contribution is -0.142. The molecule has 0 heterocycles. The van der Waals surface area contributed by atoms with E-state index in [9.17, 15) is 9.90 Å². The summed E-state index contributed by atoms with van der Waals surface area (Å²) in [6, 6.07) is 6.79. The number of hydrogen-bond donors (Lipinski definition) is 2. The Morgan fingerprint density at radius 1 is 1.20 bits per heavy atom. The van der Waals surface area contributed by atoms with E-state index in [2.05, 4.69) is 23.5 Å². The van der Waals surface area contributed by atoms with Crippen molar-refractivity contribution in [3.8, 4) is 0 Å². The predicted molar refractivity (Wildman–Crippen MR) is 78.6 cm³/mol. The molecule has 2 aliphatic carbocycles. The van der Waals surface area contributed by atoms with E-state index in [1.165, 1.54) is 36.0 Å². The molecule has 0 aliphatic heterocycles. The van der Waals surface area contributed by atoms with Crippen molar-refractivity contribution in [2.24, 2.45) is 11.8 Å². The van der Waals surface area contributed by atoms with Crippen LogP contribution in [0.4, 0.5) is 0 Å². The average Bonchev–Trinajstić information content (AvgIpc) is 3.06. The van der Waals surface area contributed by atoms with Crippen molar-refractivity contribution in [3.63, 3.8) is 0 Å². The van der Waals surface area contributed by atoms with E-state index in [-0.39, 0.29) is 5.92 Å². The summed E-state index contributed by atoms with van der Waals surface area (Å²) in [7, 11) is 0. The van der Waals surface area contributed by atoms with Crippen molar-refractivity contribution in [2.45, 2.75) is 45.1 Å². The Hall–Kier alpha value is -1.35. The molecule has 2 unspecified atom stereocenters. The lowest BCUT2D eigenvalue weighted by atomic mass is 9.96. The molecule has 108 valence electrons. The van der Waals surface area contributed by atoms with Crippen LogP contribution in [0.1, 0.15) is 42.4 Å². The maximum Gasteiger partial charge on any atom is 0.306 e. The van der Waals surface area contributed by atoms with Gasteiger partial charge in [-0.05, 0) is 61.3 Å². The summed E-state index contributed by atoms with van der Waals surface area (Å²) in [5.41, 5.74) is 4.35. The monoisotopic (exact) mass is 273 g/mol. The van der Waals surface area contributed by atoms with Crippen molar-refractivity contribution in [3.05, 3.63) is 34.9 Å². The van der Waals surface area contributed by atoms with E-state index in [1.54, 1.807) is 0 Å². The van der Waals surface area contributed by atoms with Gasteiger partial charge in [0.2, 0.25) is 0 Å². The Balaban J connectivity index is 1.51. The molecule has 2 atom stereocenters. The van der Waals surface area contributed by atoms with Crippen LogP contribution in [0.3, 0.4) is 0 Å². The molecule has 1 saturated carbocycles. The van der Waals surface area contributed by atoms with E-state index < -0.39 is 5.97 Å². The molecule has 3 nitrogen and oxygen atoms in total. The third-order valence-electron chi connectivity index (χ3n) is 4.87.